The summed E-state index contributed by atoms with van der Waals surface area (Å²) in [6, 6.07) is 17.8. The number of carboxylic acids is 1. The van der Waals surface area contributed by atoms with Crippen LogP contribution in [0.3, 0.4) is 0 Å². The van der Waals surface area contributed by atoms with E-state index in [1.807, 2.05) is 6.07 Å². The number of anilines is 2. The van der Waals surface area contributed by atoms with Crippen molar-refractivity contribution in [1.82, 2.24) is 0 Å². The van der Waals surface area contributed by atoms with E-state index in [2.05, 4.69) is 10.6 Å². The van der Waals surface area contributed by atoms with Crippen LogP contribution in [0.5, 0.6) is 0 Å². The fourth-order valence-electron chi connectivity index (χ4n) is 2.73. The summed E-state index contributed by atoms with van der Waals surface area (Å²) in [5.41, 5.74) is 1.26. The molecular weight excluding hydrogens is 471 g/mol. The number of thioether (sulfide) groups is 1. The maximum Gasteiger partial charge on any atom is 0.335 e. The average molecular weight is 489 g/mol. The topological polar surface area (TPSA) is 95.5 Å². The molecule has 0 aromatic heterocycles. The van der Waals surface area contributed by atoms with E-state index in [4.69, 9.17) is 28.3 Å². The summed E-state index contributed by atoms with van der Waals surface area (Å²) in [5, 5.41) is 14.8. The monoisotopic (exact) mass is 488 g/mol. The molecule has 0 heterocycles. The normalized spacial score (nSPS) is 11.5. The smallest absolute Gasteiger partial charge is 0.335 e. The molecule has 3 aromatic carbocycles. The van der Waals surface area contributed by atoms with Crippen LogP contribution >= 0.6 is 35.0 Å². The second-order valence-electron chi connectivity index (χ2n) is 6.74. The summed E-state index contributed by atoms with van der Waals surface area (Å²) in [5.74, 6) is -1.75. The van der Waals surface area contributed by atoms with Crippen LogP contribution in [0.25, 0.3) is 0 Å². The number of hydrogen-bond acceptors (Lipinski definition) is 4. The van der Waals surface area contributed by atoms with Gasteiger partial charge in [0.2, 0.25) is 5.91 Å². The molecule has 0 saturated heterocycles. The fraction of sp³-hybridized carbons (Fsp3) is 0.0870. The van der Waals surface area contributed by atoms with Gasteiger partial charge in [0, 0.05) is 21.2 Å². The molecule has 0 spiro atoms. The molecule has 32 heavy (non-hydrogen) atoms. The highest BCUT2D eigenvalue weighted by molar-refractivity contribution is 8.00. The lowest BCUT2D eigenvalue weighted by molar-refractivity contribution is -0.115. The van der Waals surface area contributed by atoms with E-state index in [9.17, 15) is 14.4 Å². The second-order valence-corrected chi connectivity index (χ2v) is 9.00. The van der Waals surface area contributed by atoms with E-state index < -0.39 is 11.2 Å². The van der Waals surface area contributed by atoms with Crippen molar-refractivity contribution < 1.29 is 19.5 Å². The van der Waals surface area contributed by atoms with Crippen molar-refractivity contribution in [2.45, 2.75) is 17.1 Å². The maximum atomic E-state index is 12.6. The van der Waals surface area contributed by atoms with E-state index in [-0.39, 0.29) is 28.1 Å². The maximum absolute atomic E-state index is 12.6. The van der Waals surface area contributed by atoms with Crippen LogP contribution in [0, 0.1) is 0 Å². The van der Waals surface area contributed by atoms with E-state index in [1.165, 1.54) is 30.0 Å². The summed E-state index contributed by atoms with van der Waals surface area (Å²) in [4.78, 5) is 36.9. The van der Waals surface area contributed by atoms with Gasteiger partial charge < -0.3 is 15.7 Å². The Labute approximate surface area is 198 Å². The molecule has 0 radical (unpaired) electrons. The standard InChI is InChI=1S/C23H18Cl2N2O4S/c1-13(21(28)27-20-11-15(23(30)31)8-9-19(20)25)32-18-7-3-6-17(12-18)26-22(29)14-4-2-5-16(24)10-14/h2-13H,1H3,(H,26,29)(H,27,28)(H,30,31). The molecule has 0 aliphatic rings. The lowest BCUT2D eigenvalue weighted by Gasteiger charge is -2.14. The number of carbonyl (C=O) groups excluding carboxylic acids is 2. The van der Waals surface area contributed by atoms with Gasteiger partial charge in [-0.15, -0.1) is 11.8 Å². The predicted molar refractivity (Wildman–Crippen MR) is 128 cm³/mol. The van der Waals surface area contributed by atoms with E-state index in [0.717, 1.165) is 4.90 Å². The van der Waals surface area contributed by atoms with Crippen molar-refractivity contribution in [2.24, 2.45) is 0 Å². The Bertz CT molecular complexity index is 1190. The fourth-order valence-corrected chi connectivity index (χ4v) is 4.01. The molecule has 0 fully saturated rings. The van der Waals surface area contributed by atoms with E-state index >= 15 is 0 Å². The van der Waals surface area contributed by atoms with Crippen molar-refractivity contribution in [1.29, 1.82) is 0 Å². The van der Waals surface area contributed by atoms with E-state index in [0.29, 0.717) is 16.3 Å². The van der Waals surface area contributed by atoms with Crippen molar-refractivity contribution in [2.75, 3.05) is 10.6 Å². The summed E-state index contributed by atoms with van der Waals surface area (Å²) in [6.07, 6.45) is 0. The first-order valence-corrected chi connectivity index (χ1v) is 11.0. The molecule has 6 nitrogen and oxygen atoms in total. The minimum Gasteiger partial charge on any atom is -0.478 e. The summed E-state index contributed by atoms with van der Waals surface area (Å²) < 4.78 is 0. The summed E-state index contributed by atoms with van der Waals surface area (Å²) >= 11 is 13.3. The zero-order valence-electron chi connectivity index (χ0n) is 16.8. The van der Waals surface area contributed by atoms with Gasteiger partial charge >= 0.3 is 5.97 Å². The Morgan fingerprint density at radius 1 is 0.906 bits per heavy atom. The van der Waals surface area contributed by atoms with Gasteiger partial charge in [0.25, 0.3) is 5.91 Å². The van der Waals surface area contributed by atoms with Gasteiger partial charge in [-0.1, -0.05) is 35.3 Å². The van der Waals surface area contributed by atoms with Crippen LogP contribution in [0.4, 0.5) is 11.4 Å². The Hall–Kier alpha value is -3.00. The molecule has 0 bridgehead atoms. The van der Waals surface area contributed by atoms with Crippen molar-refractivity contribution >= 4 is 64.1 Å². The zero-order chi connectivity index (χ0) is 23.3. The lowest BCUT2D eigenvalue weighted by Crippen LogP contribution is -2.22. The molecule has 0 saturated carbocycles. The number of rotatable bonds is 7. The highest BCUT2D eigenvalue weighted by Gasteiger charge is 2.17. The number of hydrogen-bond donors (Lipinski definition) is 3. The van der Waals surface area contributed by atoms with Crippen molar-refractivity contribution in [3.05, 3.63) is 87.9 Å². The van der Waals surface area contributed by atoms with Crippen molar-refractivity contribution in [3.8, 4) is 0 Å². The van der Waals surface area contributed by atoms with E-state index in [1.54, 1.807) is 49.4 Å². The first-order chi connectivity index (χ1) is 15.2. The molecule has 1 atom stereocenters. The van der Waals surface area contributed by atoms with Gasteiger partial charge in [0.05, 0.1) is 21.5 Å². The molecule has 3 N–H and O–H groups in total. The minimum absolute atomic E-state index is 0.0214. The number of nitrogens with one attached hydrogen (secondary N) is 2. The third-order valence-corrected chi connectivity index (χ3v) is 5.99. The minimum atomic E-state index is -1.11. The average Bonchev–Trinajstić information content (AvgIpc) is 2.75. The second kappa shape index (κ2) is 10.5. The van der Waals surface area contributed by atoms with Gasteiger partial charge in [-0.2, -0.15) is 0 Å². The Morgan fingerprint density at radius 2 is 1.66 bits per heavy atom. The Balaban J connectivity index is 1.66. The van der Waals surface area contributed by atoms with Crippen LogP contribution in [0.15, 0.2) is 71.6 Å². The molecule has 2 amide bonds. The molecule has 1 unspecified atom stereocenters. The molecule has 164 valence electrons. The van der Waals surface area contributed by atoms with Gasteiger partial charge in [-0.3, -0.25) is 9.59 Å². The number of carboxylic acid groups (broad SMARTS) is 1. The van der Waals surface area contributed by atoms with Crippen LogP contribution in [0.1, 0.15) is 27.6 Å². The summed E-state index contributed by atoms with van der Waals surface area (Å²) in [6.45, 7) is 1.71. The summed E-state index contributed by atoms with van der Waals surface area (Å²) in [7, 11) is 0. The first-order valence-electron chi connectivity index (χ1n) is 9.40. The lowest BCUT2D eigenvalue weighted by atomic mass is 10.2. The SMILES string of the molecule is CC(Sc1cccc(NC(=O)c2cccc(Cl)c2)c1)C(=O)Nc1cc(C(=O)O)ccc1Cl. The third kappa shape index (κ3) is 6.26. The van der Waals surface area contributed by atoms with Gasteiger partial charge in [0.1, 0.15) is 0 Å². The highest BCUT2D eigenvalue weighted by Crippen LogP contribution is 2.29. The number of aromatic carboxylic acids is 1. The largest absolute Gasteiger partial charge is 0.478 e. The van der Waals surface area contributed by atoms with Crippen LogP contribution in [0.2, 0.25) is 10.0 Å². The molecule has 9 heteroatoms. The van der Waals surface area contributed by atoms with Gasteiger partial charge in [0.15, 0.2) is 0 Å². The number of amides is 2. The van der Waals surface area contributed by atoms with Gasteiger partial charge in [-0.25, -0.2) is 4.79 Å². The first kappa shape index (κ1) is 23.7. The van der Waals surface area contributed by atoms with Gasteiger partial charge in [-0.05, 0) is 61.5 Å². The molecule has 0 aliphatic carbocycles. The number of benzene rings is 3. The molecule has 3 aromatic rings. The van der Waals surface area contributed by atoms with Crippen LogP contribution in [-0.2, 0) is 4.79 Å². The van der Waals surface area contributed by atoms with Crippen molar-refractivity contribution in [3.63, 3.8) is 0 Å². The number of halogens is 2. The molecular formula is C23H18Cl2N2O4S. The quantitative estimate of drug-likeness (QED) is 0.351. The zero-order valence-corrected chi connectivity index (χ0v) is 19.1. The Morgan fingerprint density at radius 3 is 2.38 bits per heavy atom. The van der Waals surface area contributed by atoms with Crippen LogP contribution in [-0.4, -0.2) is 28.1 Å². The van der Waals surface area contributed by atoms with Crippen LogP contribution < -0.4 is 10.6 Å². The third-order valence-electron chi connectivity index (χ3n) is 4.33. The highest BCUT2D eigenvalue weighted by atomic mass is 35.5. The number of carbonyl (C=O) groups is 3. The molecule has 0 aliphatic heterocycles. The predicted octanol–water partition coefficient (Wildman–Crippen LogP) is 6.06. The molecule has 3 rings (SSSR count). The Kier molecular flexibility index (Phi) is 7.80.